The van der Waals surface area contributed by atoms with Gasteiger partial charge in [-0.25, -0.2) is 0 Å². The van der Waals surface area contributed by atoms with Crippen molar-refractivity contribution in [2.24, 2.45) is 0 Å². The van der Waals surface area contributed by atoms with Crippen LogP contribution in [0.3, 0.4) is 0 Å². The van der Waals surface area contributed by atoms with E-state index in [1.807, 2.05) is 12.2 Å². The van der Waals surface area contributed by atoms with Crippen LogP contribution in [0.2, 0.25) is 0 Å². The van der Waals surface area contributed by atoms with Gasteiger partial charge in [-0.3, -0.25) is 0 Å². The van der Waals surface area contributed by atoms with Crippen LogP contribution in [0.4, 0.5) is 5.69 Å². The van der Waals surface area contributed by atoms with Crippen LogP contribution < -0.4 is 5.32 Å². The zero-order valence-electron chi connectivity index (χ0n) is 13.5. The molecule has 114 valence electrons. The lowest BCUT2D eigenvalue weighted by molar-refractivity contribution is 0.630. The summed E-state index contributed by atoms with van der Waals surface area (Å²) in [5, 5.41) is 6.04. The summed E-state index contributed by atoms with van der Waals surface area (Å²) in [5.74, 6) is 0. The van der Waals surface area contributed by atoms with Gasteiger partial charge in [0, 0.05) is 38.6 Å². The van der Waals surface area contributed by atoms with Gasteiger partial charge in [-0.2, -0.15) is 0 Å². The summed E-state index contributed by atoms with van der Waals surface area (Å²) < 4.78 is 0. The standard InChI is InChI=1S/C21H20N2/c1-5-15-17(6-2)22-20-12-19-14(11-16(20)21(15,3)4)13-9-7-8-10-18(13)23-19/h5-12,22-23H,1-2H2,3-4H3. The van der Waals surface area contributed by atoms with Crippen molar-refractivity contribution in [1.29, 1.82) is 0 Å². The molecule has 1 aliphatic rings. The van der Waals surface area contributed by atoms with Gasteiger partial charge in [-0.05, 0) is 35.4 Å². The van der Waals surface area contributed by atoms with Gasteiger partial charge >= 0.3 is 0 Å². The quantitative estimate of drug-likeness (QED) is 0.629. The highest BCUT2D eigenvalue weighted by Crippen LogP contribution is 2.45. The molecule has 0 saturated carbocycles. The Morgan fingerprint density at radius 1 is 0.957 bits per heavy atom. The summed E-state index contributed by atoms with van der Waals surface area (Å²) in [4.78, 5) is 3.51. The smallest absolute Gasteiger partial charge is 0.0485 e. The Kier molecular flexibility index (Phi) is 2.79. The minimum absolute atomic E-state index is 0.113. The molecule has 0 fully saturated rings. The van der Waals surface area contributed by atoms with E-state index < -0.39 is 0 Å². The fourth-order valence-electron chi connectivity index (χ4n) is 3.74. The summed E-state index contributed by atoms with van der Waals surface area (Å²) in [5.41, 5.74) is 6.84. The van der Waals surface area contributed by atoms with Crippen LogP contribution in [-0.2, 0) is 5.41 Å². The van der Waals surface area contributed by atoms with Gasteiger partial charge in [-0.15, -0.1) is 0 Å². The third-order valence-corrected chi connectivity index (χ3v) is 4.96. The molecule has 1 aliphatic heterocycles. The molecule has 0 atom stereocenters. The molecule has 0 amide bonds. The fraction of sp³-hybridized carbons (Fsp3) is 0.143. The number of aromatic nitrogens is 1. The van der Waals surface area contributed by atoms with E-state index in [0.717, 1.165) is 16.9 Å². The van der Waals surface area contributed by atoms with Gasteiger partial charge in [0.2, 0.25) is 0 Å². The fourth-order valence-corrected chi connectivity index (χ4v) is 3.74. The molecule has 2 N–H and O–H groups in total. The van der Waals surface area contributed by atoms with Crippen LogP contribution in [0.5, 0.6) is 0 Å². The van der Waals surface area contributed by atoms with Crippen LogP contribution in [0.25, 0.3) is 21.8 Å². The number of fused-ring (bicyclic) bond motifs is 4. The van der Waals surface area contributed by atoms with Gasteiger partial charge < -0.3 is 10.3 Å². The number of allylic oxidation sites excluding steroid dienone is 3. The zero-order valence-corrected chi connectivity index (χ0v) is 13.5. The van der Waals surface area contributed by atoms with Crippen molar-refractivity contribution in [3.8, 4) is 0 Å². The lowest BCUT2D eigenvalue weighted by Crippen LogP contribution is -2.28. The molecule has 2 nitrogen and oxygen atoms in total. The van der Waals surface area contributed by atoms with Crippen molar-refractivity contribution >= 4 is 27.5 Å². The molecule has 2 heterocycles. The van der Waals surface area contributed by atoms with Crippen molar-refractivity contribution in [2.45, 2.75) is 19.3 Å². The molecule has 0 spiro atoms. The van der Waals surface area contributed by atoms with E-state index in [2.05, 4.69) is 73.7 Å². The normalized spacial score (nSPS) is 16.3. The third-order valence-electron chi connectivity index (χ3n) is 4.96. The Morgan fingerprint density at radius 2 is 1.74 bits per heavy atom. The van der Waals surface area contributed by atoms with Gasteiger partial charge in [0.05, 0.1) is 0 Å². The number of aromatic amines is 1. The van der Waals surface area contributed by atoms with Gasteiger partial charge in [0.25, 0.3) is 0 Å². The van der Waals surface area contributed by atoms with E-state index in [9.17, 15) is 0 Å². The number of hydrogen-bond acceptors (Lipinski definition) is 1. The molecule has 4 rings (SSSR count). The Balaban J connectivity index is 2.07. The highest BCUT2D eigenvalue weighted by Gasteiger charge is 2.33. The molecule has 3 aromatic rings. The molecule has 2 aromatic carbocycles. The summed E-state index contributed by atoms with van der Waals surface area (Å²) >= 11 is 0. The van der Waals surface area contributed by atoms with Crippen LogP contribution in [0.15, 0.2) is 73.0 Å². The third kappa shape index (κ3) is 1.81. The lowest BCUT2D eigenvalue weighted by atomic mass is 9.73. The minimum Gasteiger partial charge on any atom is -0.355 e. The number of nitrogens with one attached hydrogen (secondary N) is 2. The predicted octanol–water partition coefficient (Wildman–Crippen LogP) is 5.65. The number of H-pyrrole nitrogens is 1. The number of para-hydroxylation sites is 1. The maximum absolute atomic E-state index is 4.00. The Bertz CT molecular complexity index is 999. The topological polar surface area (TPSA) is 27.8 Å². The van der Waals surface area contributed by atoms with Crippen molar-refractivity contribution in [1.82, 2.24) is 4.98 Å². The maximum atomic E-state index is 4.00. The second-order valence-corrected chi connectivity index (χ2v) is 6.60. The lowest BCUT2D eigenvalue weighted by Gasteiger charge is -2.36. The van der Waals surface area contributed by atoms with E-state index in [-0.39, 0.29) is 5.41 Å². The van der Waals surface area contributed by atoms with Gasteiger partial charge in [0.1, 0.15) is 0 Å². The Hall–Kier alpha value is -2.74. The van der Waals surface area contributed by atoms with Crippen LogP contribution in [-0.4, -0.2) is 4.98 Å². The SMILES string of the molecule is C=CC1=C(C=C)C(C)(C)c2cc3c(cc2N1)[nH]c1ccccc13. The van der Waals surface area contributed by atoms with Crippen molar-refractivity contribution in [2.75, 3.05) is 5.32 Å². The van der Waals surface area contributed by atoms with E-state index in [1.54, 1.807) is 0 Å². The van der Waals surface area contributed by atoms with Gasteiger partial charge in [-0.1, -0.05) is 51.3 Å². The van der Waals surface area contributed by atoms with E-state index in [0.29, 0.717) is 0 Å². The van der Waals surface area contributed by atoms with E-state index >= 15 is 0 Å². The van der Waals surface area contributed by atoms with Crippen LogP contribution in [0.1, 0.15) is 19.4 Å². The first-order valence-corrected chi connectivity index (χ1v) is 7.88. The number of hydrogen-bond donors (Lipinski definition) is 2. The molecule has 2 heteroatoms. The first kappa shape index (κ1) is 13.9. The van der Waals surface area contributed by atoms with Crippen LogP contribution in [0, 0.1) is 0 Å². The highest BCUT2D eigenvalue weighted by atomic mass is 14.9. The molecule has 1 aromatic heterocycles. The molecule has 0 radical (unpaired) electrons. The van der Waals surface area contributed by atoms with Gasteiger partial charge in [0.15, 0.2) is 0 Å². The molecule has 0 aliphatic carbocycles. The number of rotatable bonds is 2. The first-order valence-electron chi connectivity index (χ1n) is 7.88. The average molecular weight is 300 g/mol. The predicted molar refractivity (Wildman–Crippen MR) is 99.9 cm³/mol. The first-order chi connectivity index (χ1) is 11.1. The number of anilines is 1. The zero-order chi connectivity index (χ0) is 16.2. The molecule has 0 saturated heterocycles. The Labute approximate surface area is 136 Å². The largest absolute Gasteiger partial charge is 0.355 e. The second-order valence-electron chi connectivity index (χ2n) is 6.60. The molecular weight excluding hydrogens is 280 g/mol. The van der Waals surface area contributed by atoms with Crippen molar-refractivity contribution in [3.05, 3.63) is 78.5 Å². The molecule has 0 unspecified atom stereocenters. The van der Waals surface area contributed by atoms with E-state index in [4.69, 9.17) is 0 Å². The average Bonchev–Trinajstić information content (AvgIpc) is 2.90. The highest BCUT2D eigenvalue weighted by molar-refractivity contribution is 6.08. The monoisotopic (exact) mass is 300 g/mol. The van der Waals surface area contributed by atoms with Crippen molar-refractivity contribution < 1.29 is 0 Å². The summed E-state index contributed by atoms with van der Waals surface area (Å²) in [6.07, 6.45) is 3.81. The summed E-state index contributed by atoms with van der Waals surface area (Å²) in [6, 6.07) is 12.9. The molecule has 23 heavy (non-hydrogen) atoms. The van der Waals surface area contributed by atoms with E-state index in [1.165, 1.54) is 27.4 Å². The second kappa shape index (κ2) is 4.63. The maximum Gasteiger partial charge on any atom is 0.0485 e. The molecule has 0 bridgehead atoms. The molecular formula is C21H20N2. The summed E-state index contributed by atoms with van der Waals surface area (Å²) in [7, 11) is 0. The van der Waals surface area contributed by atoms with Crippen LogP contribution >= 0.6 is 0 Å². The van der Waals surface area contributed by atoms with Crippen molar-refractivity contribution in [3.63, 3.8) is 0 Å². The number of benzene rings is 2. The Morgan fingerprint density at radius 3 is 2.48 bits per heavy atom. The summed E-state index contributed by atoms with van der Waals surface area (Å²) in [6.45, 7) is 12.4. The minimum atomic E-state index is -0.113.